The van der Waals surface area contributed by atoms with Crippen molar-refractivity contribution in [1.82, 2.24) is 5.43 Å². The molecule has 2 aromatic rings. The first-order valence-electron chi connectivity index (χ1n) is 9.27. The molecule has 2 rings (SSSR count). The summed E-state index contributed by atoms with van der Waals surface area (Å²) in [6.45, 7) is 3.86. The van der Waals surface area contributed by atoms with E-state index in [1.807, 2.05) is 6.92 Å². The van der Waals surface area contributed by atoms with Crippen molar-refractivity contribution in [2.75, 3.05) is 11.9 Å². The third kappa shape index (κ3) is 7.93. The molecule has 0 bridgehead atoms. The van der Waals surface area contributed by atoms with Crippen LogP contribution in [0.1, 0.15) is 30.9 Å². The summed E-state index contributed by atoms with van der Waals surface area (Å²) in [5.41, 5.74) is 4.36. The Kier molecular flexibility index (Phi) is 8.44. The van der Waals surface area contributed by atoms with Gasteiger partial charge < -0.3 is 10.1 Å². The van der Waals surface area contributed by atoms with Crippen molar-refractivity contribution in [1.29, 1.82) is 0 Å². The number of aryl methyl sites for hydroxylation is 1. The van der Waals surface area contributed by atoms with E-state index >= 15 is 0 Å². The summed E-state index contributed by atoms with van der Waals surface area (Å²) >= 11 is 5.89. The highest BCUT2D eigenvalue weighted by Gasteiger charge is 2.38. The minimum absolute atomic E-state index is 0.00108. The molecule has 0 saturated carbocycles. The summed E-state index contributed by atoms with van der Waals surface area (Å²) in [4.78, 5) is 22.9. The lowest BCUT2D eigenvalue weighted by Gasteiger charge is -2.09. The maximum absolute atomic E-state index is 12.3. The number of hydrogen-bond acceptors (Lipinski definition) is 4. The van der Waals surface area contributed by atoms with E-state index in [-0.39, 0.29) is 18.0 Å². The van der Waals surface area contributed by atoms with Crippen LogP contribution < -0.4 is 15.5 Å². The van der Waals surface area contributed by atoms with Gasteiger partial charge in [0, 0.05) is 17.1 Å². The Labute approximate surface area is 182 Å². The quantitative estimate of drug-likeness (QED) is 0.339. The van der Waals surface area contributed by atoms with E-state index in [1.165, 1.54) is 24.3 Å². The molecule has 6 nitrogen and oxygen atoms in total. The summed E-state index contributed by atoms with van der Waals surface area (Å²) in [5.74, 6) is -1.65. The van der Waals surface area contributed by atoms with Gasteiger partial charge in [-0.05, 0) is 61.7 Å². The molecule has 0 heterocycles. The lowest BCUT2D eigenvalue weighted by Crippen LogP contribution is -2.29. The monoisotopic (exact) mass is 455 g/mol. The third-order valence-electron chi connectivity index (χ3n) is 4.11. The number of alkyl halides is 3. The Morgan fingerprint density at radius 2 is 1.81 bits per heavy atom. The normalized spacial score (nSPS) is 11.7. The molecule has 31 heavy (non-hydrogen) atoms. The number of ether oxygens (including phenoxy) is 1. The van der Waals surface area contributed by atoms with Gasteiger partial charge in [-0.2, -0.15) is 18.3 Å². The Balaban J connectivity index is 1.78. The van der Waals surface area contributed by atoms with Gasteiger partial charge in [0.25, 0.3) is 0 Å². The van der Waals surface area contributed by atoms with Gasteiger partial charge in [-0.15, -0.1) is 0 Å². The van der Waals surface area contributed by atoms with Gasteiger partial charge in [0.2, 0.25) is 5.91 Å². The molecule has 0 atom stereocenters. The smallest absolute Gasteiger partial charge is 0.471 e. The number of benzene rings is 2. The Morgan fingerprint density at radius 3 is 2.42 bits per heavy atom. The highest BCUT2D eigenvalue weighted by molar-refractivity contribution is 6.30. The standard InChI is InChI=1S/C21H21ClF3N3O3/c1-13-12-16(22)7-10-18(13)31-11-3-4-19(29)28-27-14(2)15-5-8-17(9-6-15)26-20(30)21(23,24)25/h5-10,12H,3-4,11H2,1-2H3,(H,26,30)(H,28,29)/b27-14+. The van der Waals surface area contributed by atoms with Crippen molar-refractivity contribution in [2.24, 2.45) is 5.10 Å². The van der Waals surface area contributed by atoms with Crippen LogP contribution in [-0.4, -0.2) is 30.3 Å². The molecule has 0 fully saturated rings. The number of nitrogens with zero attached hydrogens (tertiary/aromatic N) is 1. The number of carbonyl (C=O) groups excluding carboxylic acids is 2. The minimum Gasteiger partial charge on any atom is -0.493 e. The second kappa shape index (κ2) is 10.8. The second-order valence-corrected chi connectivity index (χ2v) is 7.06. The number of carbonyl (C=O) groups is 2. The molecule has 0 radical (unpaired) electrons. The van der Waals surface area contributed by atoms with Crippen LogP contribution in [0.25, 0.3) is 0 Å². The van der Waals surface area contributed by atoms with Crippen LogP contribution >= 0.6 is 11.6 Å². The van der Waals surface area contributed by atoms with E-state index in [0.29, 0.717) is 35.1 Å². The van der Waals surface area contributed by atoms with E-state index < -0.39 is 12.1 Å². The van der Waals surface area contributed by atoms with Crippen LogP contribution in [0.4, 0.5) is 18.9 Å². The lowest BCUT2D eigenvalue weighted by atomic mass is 10.1. The van der Waals surface area contributed by atoms with Crippen LogP contribution in [0.15, 0.2) is 47.6 Å². The van der Waals surface area contributed by atoms with Gasteiger partial charge in [-0.25, -0.2) is 5.43 Å². The minimum atomic E-state index is -4.96. The molecule has 0 aromatic heterocycles. The fourth-order valence-electron chi connectivity index (χ4n) is 2.45. The zero-order chi connectivity index (χ0) is 23.0. The SMILES string of the molecule is C/C(=N\NC(=O)CCCOc1ccc(Cl)cc1C)c1ccc(NC(=O)C(F)(F)F)cc1. The second-order valence-electron chi connectivity index (χ2n) is 6.62. The molecule has 2 amide bonds. The van der Waals surface area contributed by atoms with Gasteiger partial charge in [0.15, 0.2) is 0 Å². The summed E-state index contributed by atoms with van der Waals surface area (Å²) in [5, 5.41) is 6.36. The summed E-state index contributed by atoms with van der Waals surface area (Å²) in [7, 11) is 0. The van der Waals surface area contributed by atoms with Crippen LogP contribution in [-0.2, 0) is 9.59 Å². The van der Waals surface area contributed by atoms with E-state index in [2.05, 4.69) is 10.5 Å². The largest absolute Gasteiger partial charge is 0.493 e. The fourth-order valence-corrected chi connectivity index (χ4v) is 2.68. The zero-order valence-corrected chi connectivity index (χ0v) is 17.6. The maximum atomic E-state index is 12.3. The van der Waals surface area contributed by atoms with E-state index in [0.717, 1.165) is 5.56 Å². The van der Waals surface area contributed by atoms with Gasteiger partial charge >= 0.3 is 12.1 Å². The van der Waals surface area contributed by atoms with Crippen molar-refractivity contribution in [3.05, 3.63) is 58.6 Å². The Morgan fingerprint density at radius 1 is 1.13 bits per heavy atom. The van der Waals surface area contributed by atoms with Crippen LogP contribution in [0.2, 0.25) is 5.02 Å². The summed E-state index contributed by atoms with van der Waals surface area (Å²) < 4.78 is 42.4. The molecule has 0 aliphatic rings. The predicted octanol–water partition coefficient (Wildman–Crippen LogP) is 4.85. The molecule has 10 heteroatoms. The third-order valence-corrected chi connectivity index (χ3v) is 4.34. The Bertz CT molecular complexity index is 961. The first kappa shape index (κ1) is 24.2. The predicted molar refractivity (Wildman–Crippen MR) is 112 cm³/mol. The molecule has 0 aliphatic carbocycles. The highest BCUT2D eigenvalue weighted by Crippen LogP contribution is 2.22. The topological polar surface area (TPSA) is 79.8 Å². The number of rotatable bonds is 8. The zero-order valence-electron chi connectivity index (χ0n) is 16.8. The Hall–Kier alpha value is -3.07. The number of hydrazone groups is 1. The van der Waals surface area contributed by atoms with Crippen molar-refractivity contribution in [3.63, 3.8) is 0 Å². The van der Waals surface area contributed by atoms with E-state index in [9.17, 15) is 22.8 Å². The summed E-state index contributed by atoms with van der Waals surface area (Å²) in [6, 6.07) is 10.9. The van der Waals surface area contributed by atoms with E-state index in [1.54, 1.807) is 30.4 Å². The average molecular weight is 456 g/mol. The van der Waals surface area contributed by atoms with Crippen LogP contribution in [0.3, 0.4) is 0 Å². The number of anilines is 1. The van der Waals surface area contributed by atoms with Gasteiger partial charge in [0.1, 0.15) is 5.75 Å². The van der Waals surface area contributed by atoms with Gasteiger partial charge in [-0.3, -0.25) is 9.59 Å². The summed E-state index contributed by atoms with van der Waals surface area (Å²) in [6.07, 6.45) is -4.28. The molecule has 0 saturated heterocycles. The number of hydrogen-bond donors (Lipinski definition) is 2. The van der Waals surface area contributed by atoms with Gasteiger partial charge in [-0.1, -0.05) is 23.7 Å². The fraction of sp³-hybridized carbons (Fsp3) is 0.286. The molecule has 2 aromatic carbocycles. The van der Waals surface area contributed by atoms with Crippen LogP contribution in [0.5, 0.6) is 5.75 Å². The lowest BCUT2D eigenvalue weighted by molar-refractivity contribution is -0.167. The highest BCUT2D eigenvalue weighted by atomic mass is 35.5. The van der Waals surface area contributed by atoms with Gasteiger partial charge in [0.05, 0.1) is 12.3 Å². The average Bonchev–Trinajstić information content (AvgIpc) is 2.70. The first-order chi connectivity index (χ1) is 14.6. The maximum Gasteiger partial charge on any atom is 0.471 e. The van der Waals surface area contributed by atoms with Crippen molar-refractivity contribution >= 4 is 34.8 Å². The molecule has 0 spiro atoms. The number of amides is 2. The molecular weight excluding hydrogens is 435 g/mol. The van der Waals surface area contributed by atoms with E-state index in [4.69, 9.17) is 16.3 Å². The first-order valence-corrected chi connectivity index (χ1v) is 9.65. The van der Waals surface area contributed by atoms with Crippen molar-refractivity contribution in [3.8, 4) is 5.75 Å². The van der Waals surface area contributed by atoms with Crippen molar-refractivity contribution in [2.45, 2.75) is 32.9 Å². The molecule has 2 N–H and O–H groups in total. The molecule has 0 aliphatic heterocycles. The molecule has 166 valence electrons. The van der Waals surface area contributed by atoms with Crippen molar-refractivity contribution < 1.29 is 27.5 Å². The van der Waals surface area contributed by atoms with Crippen LogP contribution in [0, 0.1) is 6.92 Å². The molecule has 0 unspecified atom stereocenters. The number of nitrogens with one attached hydrogen (secondary N) is 2. The molecular formula is C21H21ClF3N3O3. The number of halogens is 4.